The van der Waals surface area contributed by atoms with Gasteiger partial charge in [-0.15, -0.1) is 12.4 Å². The minimum absolute atomic E-state index is 0. The van der Waals surface area contributed by atoms with Gasteiger partial charge in [-0.1, -0.05) is 0 Å². The van der Waals surface area contributed by atoms with E-state index >= 15 is 0 Å². The summed E-state index contributed by atoms with van der Waals surface area (Å²) in [6, 6.07) is 1.84. The van der Waals surface area contributed by atoms with Crippen LogP contribution in [0.15, 0.2) is 18.2 Å². The zero-order valence-corrected chi connectivity index (χ0v) is 10.1. The highest BCUT2D eigenvalue weighted by molar-refractivity contribution is 5.92. The number of hydrogen-bond donors (Lipinski definition) is 2. The van der Waals surface area contributed by atoms with Crippen LogP contribution in [-0.2, 0) is 11.0 Å². The minimum Gasteiger partial charge on any atom is -0.322 e. The van der Waals surface area contributed by atoms with Gasteiger partial charge >= 0.3 is 6.18 Å². The van der Waals surface area contributed by atoms with Gasteiger partial charge in [-0.3, -0.25) is 4.79 Å². The van der Waals surface area contributed by atoms with Crippen molar-refractivity contribution in [1.29, 1.82) is 0 Å². The summed E-state index contributed by atoms with van der Waals surface area (Å²) in [5.41, 5.74) is -1.50. The van der Waals surface area contributed by atoms with Crippen molar-refractivity contribution in [2.24, 2.45) is 0 Å². The normalized spacial score (nSPS) is 10.7. The Balaban J connectivity index is 0.00000289. The van der Waals surface area contributed by atoms with Gasteiger partial charge in [0.05, 0.1) is 17.8 Å². The second-order valence-corrected chi connectivity index (χ2v) is 3.27. The van der Waals surface area contributed by atoms with Gasteiger partial charge in [0, 0.05) is 0 Å². The maximum Gasteiger partial charge on any atom is 0.416 e. The topological polar surface area (TPSA) is 41.1 Å². The third-order valence-electron chi connectivity index (χ3n) is 1.91. The van der Waals surface area contributed by atoms with Crippen molar-refractivity contribution in [2.45, 2.75) is 6.18 Å². The molecule has 0 aliphatic heterocycles. The fourth-order valence-electron chi connectivity index (χ4n) is 1.15. The number of hydrogen-bond acceptors (Lipinski definition) is 2. The van der Waals surface area contributed by atoms with Crippen LogP contribution in [0.5, 0.6) is 0 Å². The summed E-state index contributed by atoms with van der Waals surface area (Å²) >= 11 is 0. The lowest BCUT2D eigenvalue weighted by molar-refractivity contribution is -0.137. The fraction of sp³-hybridized carbons (Fsp3) is 0.300. The second kappa shape index (κ2) is 6.55. The molecule has 0 spiro atoms. The van der Waals surface area contributed by atoms with Crippen LogP contribution in [0, 0.1) is 5.82 Å². The van der Waals surface area contributed by atoms with Gasteiger partial charge in [0.25, 0.3) is 0 Å². The number of nitrogens with one attached hydrogen (secondary N) is 2. The first-order chi connectivity index (χ1) is 7.84. The summed E-state index contributed by atoms with van der Waals surface area (Å²) in [5.74, 6) is -1.53. The van der Waals surface area contributed by atoms with E-state index in [0.717, 1.165) is 0 Å². The monoisotopic (exact) mass is 286 g/mol. The predicted octanol–water partition coefficient (Wildman–Crippen LogP) is 2.42. The highest BCUT2D eigenvalue weighted by Gasteiger charge is 2.31. The molecule has 1 aromatic rings. The molecular weight excluding hydrogens is 276 g/mol. The summed E-state index contributed by atoms with van der Waals surface area (Å²) in [4.78, 5) is 11.1. The van der Waals surface area contributed by atoms with E-state index < -0.39 is 29.2 Å². The molecule has 0 aromatic heterocycles. The zero-order chi connectivity index (χ0) is 13.1. The molecule has 2 N–H and O–H groups in total. The summed E-state index contributed by atoms with van der Waals surface area (Å²) in [7, 11) is 1.49. The summed E-state index contributed by atoms with van der Waals surface area (Å²) in [6.07, 6.45) is -4.57. The smallest absolute Gasteiger partial charge is 0.322 e. The van der Waals surface area contributed by atoms with Crippen LogP contribution in [0.1, 0.15) is 5.56 Å². The van der Waals surface area contributed by atoms with Crippen molar-refractivity contribution in [3.63, 3.8) is 0 Å². The molecule has 0 fully saturated rings. The molecule has 0 saturated carbocycles. The average Bonchev–Trinajstić information content (AvgIpc) is 2.20. The molecule has 0 heterocycles. The Kier molecular flexibility index (Phi) is 6.07. The molecule has 1 amide bonds. The summed E-state index contributed by atoms with van der Waals surface area (Å²) < 4.78 is 50.2. The number of halogens is 5. The maximum absolute atomic E-state index is 13.2. The van der Waals surface area contributed by atoms with Crippen LogP contribution in [-0.4, -0.2) is 19.5 Å². The Morgan fingerprint density at radius 3 is 2.44 bits per heavy atom. The van der Waals surface area contributed by atoms with Crippen molar-refractivity contribution in [2.75, 3.05) is 18.9 Å². The number of likely N-dealkylation sites (N-methyl/N-ethyl adjacent to an activating group) is 1. The molecule has 102 valence electrons. The molecule has 0 atom stereocenters. The largest absolute Gasteiger partial charge is 0.416 e. The van der Waals surface area contributed by atoms with E-state index in [4.69, 9.17) is 0 Å². The molecule has 0 unspecified atom stereocenters. The highest BCUT2D eigenvalue weighted by atomic mass is 35.5. The second-order valence-electron chi connectivity index (χ2n) is 3.27. The van der Waals surface area contributed by atoms with Crippen molar-refractivity contribution in [3.05, 3.63) is 29.6 Å². The molecule has 1 rings (SSSR count). The molecule has 1 aromatic carbocycles. The Morgan fingerprint density at radius 1 is 1.33 bits per heavy atom. The highest BCUT2D eigenvalue weighted by Crippen LogP contribution is 2.31. The maximum atomic E-state index is 13.2. The first-order valence-corrected chi connectivity index (χ1v) is 4.66. The molecule has 0 aliphatic carbocycles. The Labute approximate surface area is 107 Å². The lowest BCUT2D eigenvalue weighted by Crippen LogP contribution is -2.25. The predicted molar refractivity (Wildman–Crippen MR) is 61.2 cm³/mol. The quantitative estimate of drug-likeness (QED) is 0.838. The zero-order valence-electron chi connectivity index (χ0n) is 9.27. The molecule has 3 nitrogen and oxygen atoms in total. The minimum atomic E-state index is -4.57. The SMILES string of the molecule is CNCC(=O)Nc1cc(C(F)(F)F)ccc1F.Cl. The molecule has 0 aliphatic rings. The lowest BCUT2D eigenvalue weighted by atomic mass is 10.2. The van der Waals surface area contributed by atoms with E-state index in [1.165, 1.54) is 7.05 Å². The molecule has 0 bridgehead atoms. The van der Waals surface area contributed by atoms with Gasteiger partial charge < -0.3 is 10.6 Å². The van der Waals surface area contributed by atoms with Gasteiger partial charge in [-0.25, -0.2) is 4.39 Å². The van der Waals surface area contributed by atoms with E-state index in [2.05, 4.69) is 5.32 Å². The number of anilines is 1. The van der Waals surface area contributed by atoms with E-state index in [1.54, 1.807) is 0 Å². The molecule has 0 radical (unpaired) electrons. The van der Waals surface area contributed by atoms with E-state index in [-0.39, 0.29) is 19.0 Å². The van der Waals surface area contributed by atoms with Crippen molar-refractivity contribution >= 4 is 24.0 Å². The fourth-order valence-corrected chi connectivity index (χ4v) is 1.15. The summed E-state index contributed by atoms with van der Waals surface area (Å²) in [5, 5.41) is 4.54. The lowest BCUT2D eigenvalue weighted by Gasteiger charge is -2.10. The Hall–Kier alpha value is -1.34. The van der Waals surface area contributed by atoms with Gasteiger partial charge in [0.2, 0.25) is 5.91 Å². The van der Waals surface area contributed by atoms with Crippen LogP contribution in [0.25, 0.3) is 0 Å². The number of amides is 1. The number of benzene rings is 1. The number of alkyl halides is 3. The molecular formula is C10H11ClF4N2O. The molecule has 8 heteroatoms. The molecule has 0 saturated heterocycles. The van der Waals surface area contributed by atoms with Crippen LogP contribution in [0.4, 0.5) is 23.2 Å². The Morgan fingerprint density at radius 2 is 1.94 bits per heavy atom. The van der Waals surface area contributed by atoms with Crippen LogP contribution in [0.2, 0.25) is 0 Å². The van der Waals surface area contributed by atoms with Crippen LogP contribution < -0.4 is 10.6 Å². The van der Waals surface area contributed by atoms with Crippen molar-refractivity contribution in [3.8, 4) is 0 Å². The van der Waals surface area contributed by atoms with Gasteiger partial charge in [0.15, 0.2) is 0 Å². The van der Waals surface area contributed by atoms with Crippen LogP contribution in [0.3, 0.4) is 0 Å². The third-order valence-corrected chi connectivity index (χ3v) is 1.91. The van der Waals surface area contributed by atoms with E-state index in [0.29, 0.717) is 18.2 Å². The van der Waals surface area contributed by atoms with Gasteiger partial charge in [-0.2, -0.15) is 13.2 Å². The van der Waals surface area contributed by atoms with Crippen molar-refractivity contribution in [1.82, 2.24) is 5.32 Å². The van der Waals surface area contributed by atoms with Crippen LogP contribution >= 0.6 is 12.4 Å². The van der Waals surface area contributed by atoms with Crippen molar-refractivity contribution < 1.29 is 22.4 Å². The number of carbonyl (C=O) groups excluding carboxylic acids is 1. The van der Waals surface area contributed by atoms with E-state index in [1.807, 2.05) is 5.32 Å². The van der Waals surface area contributed by atoms with Gasteiger partial charge in [0.1, 0.15) is 5.82 Å². The number of carbonyl (C=O) groups is 1. The first kappa shape index (κ1) is 16.7. The van der Waals surface area contributed by atoms with E-state index in [9.17, 15) is 22.4 Å². The first-order valence-electron chi connectivity index (χ1n) is 4.66. The average molecular weight is 287 g/mol. The summed E-state index contributed by atoms with van der Waals surface area (Å²) in [6.45, 7) is -0.115. The standard InChI is InChI=1S/C10H10F4N2O.ClH/c1-15-5-9(17)16-8-4-6(10(12,13)14)2-3-7(8)11;/h2-4,15H,5H2,1H3,(H,16,17);1H. The Bertz CT molecular complexity index is 423. The van der Waals surface area contributed by atoms with Gasteiger partial charge in [-0.05, 0) is 25.2 Å². The number of rotatable bonds is 3. The molecule has 18 heavy (non-hydrogen) atoms. The third kappa shape index (κ3) is 4.50.